The number of hydrogen-bond acceptors (Lipinski definition) is 7. The summed E-state index contributed by atoms with van der Waals surface area (Å²) in [7, 11) is -10.2. The molecule has 9 nitrogen and oxygen atoms in total. The van der Waals surface area contributed by atoms with E-state index in [2.05, 4.69) is 3.63 Å². The molecule has 0 bridgehead atoms. The van der Waals surface area contributed by atoms with E-state index in [-0.39, 0.29) is 13.2 Å². The summed E-state index contributed by atoms with van der Waals surface area (Å²) in [6.45, 7) is 0.500. The minimum absolute atomic E-state index is 0.250. The smallest absolute Gasteiger partial charge is 0.396 e. The van der Waals surface area contributed by atoms with Crippen LogP contribution < -0.4 is 0 Å². The first kappa shape index (κ1) is 18.1. The molecule has 0 aromatic carbocycles. The molecule has 0 rings (SSSR count). The van der Waals surface area contributed by atoms with Crippen LogP contribution >= 0.6 is 0 Å². The van der Waals surface area contributed by atoms with Gasteiger partial charge < -0.3 is 10.2 Å². The fourth-order valence-corrected chi connectivity index (χ4v) is 1.38. The number of rotatable bonds is 6. The van der Waals surface area contributed by atoms with E-state index in [0.29, 0.717) is 0 Å². The van der Waals surface area contributed by atoms with Gasteiger partial charge in [-0.05, 0) is 19.3 Å². The van der Waals surface area contributed by atoms with E-state index in [4.69, 9.17) is 19.3 Å². The molecule has 0 heterocycles. The molecule has 4 N–H and O–H groups in total. The van der Waals surface area contributed by atoms with Gasteiger partial charge in [-0.1, -0.05) is 0 Å². The van der Waals surface area contributed by atoms with Crippen LogP contribution in [0, 0.1) is 0 Å². The first-order valence-corrected chi connectivity index (χ1v) is 6.73. The molecule has 0 unspecified atom stereocenters. The van der Waals surface area contributed by atoms with Crippen LogP contribution in [-0.2, 0) is 24.4 Å². The molecular formula is C5H14O9S2. The first-order valence-electron chi connectivity index (χ1n) is 4.00. The maximum atomic E-state index is 9.44. The Kier molecular flexibility index (Phi) is 9.95. The van der Waals surface area contributed by atoms with Gasteiger partial charge in [0.05, 0.1) is 0 Å². The maximum absolute atomic E-state index is 9.44. The molecule has 100 valence electrons. The molecule has 0 aliphatic carbocycles. The van der Waals surface area contributed by atoms with Crippen molar-refractivity contribution in [2.45, 2.75) is 19.3 Å². The molecule has 0 radical (unpaired) electrons. The van der Waals surface area contributed by atoms with Gasteiger partial charge in [0.1, 0.15) is 0 Å². The van der Waals surface area contributed by atoms with E-state index in [9.17, 15) is 16.8 Å². The van der Waals surface area contributed by atoms with Gasteiger partial charge in [-0.25, -0.2) is 0 Å². The standard InChI is InChI=1S/C5H12O2.H2O7S2/c6-4-2-1-3-5-7;1-8(2,3)7-9(4,5)6/h6-7H,1-5H2;(H,1,2,3)(H,4,5,6). The maximum Gasteiger partial charge on any atom is 0.413 e. The van der Waals surface area contributed by atoms with Crippen LogP contribution in [-0.4, -0.2) is 49.4 Å². The average molecular weight is 282 g/mol. The lowest BCUT2D eigenvalue weighted by Gasteiger charge is -1.90. The van der Waals surface area contributed by atoms with Crippen molar-refractivity contribution >= 4 is 20.8 Å². The summed E-state index contributed by atoms with van der Waals surface area (Å²) < 4.78 is 55.6. The lowest BCUT2D eigenvalue weighted by Crippen LogP contribution is -2.10. The van der Waals surface area contributed by atoms with Crippen LogP contribution in [0.25, 0.3) is 0 Å². The summed E-state index contributed by atoms with van der Waals surface area (Å²) in [5.41, 5.74) is 0. The molecular weight excluding hydrogens is 268 g/mol. The second-order valence-corrected chi connectivity index (χ2v) is 4.69. The molecule has 0 spiro atoms. The fourth-order valence-electron chi connectivity index (χ4n) is 0.509. The van der Waals surface area contributed by atoms with Crippen LogP contribution in [0.4, 0.5) is 0 Å². The minimum atomic E-state index is -5.12. The van der Waals surface area contributed by atoms with E-state index < -0.39 is 20.8 Å². The molecule has 0 aliphatic rings. The lowest BCUT2D eigenvalue weighted by atomic mass is 10.2. The van der Waals surface area contributed by atoms with Crippen molar-refractivity contribution in [3.05, 3.63) is 0 Å². The van der Waals surface area contributed by atoms with Crippen molar-refractivity contribution in [1.29, 1.82) is 0 Å². The second kappa shape index (κ2) is 8.81. The topological polar surface area (TPSA) is 158 Å². The highest BCUT2D eigenvalue weighted by Crippen LogP contribution is 1.92. The summed E-state index contributed by atoms with van der Waals surface area (Å²) in [6, 6.07) is 0. The summed E-state index contributed by atoms with van der Waals surface area (Å²) >= 11 is 0. The largest absolute Gasteiger partial charge is 0.413 e. The number of aliphatic hydroxyl groups excluding tert-OH is 2. The predicted molar refractivity (Wildman–Crippen MR) is 52.2 cm³/mol. The zero-order valence-corrected chi connectivity index (χ0v) is 9.82. The Labute approximate surface area is 93.6 Å². The zero-order valence-electron chi connectivity index (χ0n) is 8.18. The molecule has 0 aliphatic heterocycles. The quantitative estimate of drug-likeness (QED) is 0.345. The predicted octanol–water partition coefficient (Wildman–Crippen LogP) is -1.25. The van der Waals surface area contributed by atoms with Crippen LogP contribution in [0.1, 0.15) is 19.3 Å². The monoisotopic (exact) mass is 282 g/mol. The second-order valence-electron chi connectivity index (χ2n) is 2.43. The van der Waals surface area contributed by atoms with E-state index >= 15 is 0 Å². The Bertz CT molecular complexity index is 308. The third-order valence-corrected chi connectivity index (χ3v) is 2.36. The van der Waals surface area contributed by atoms with E-state index in [0.717, 1.165) is 19.3 Å². The first-order chi connectivity index (χ1) is 7.12. The highest BCUT2D eigenvalue weighted by Gasteiger charge is 2.15. The zero-order chi connectivity index (χ0) is 13.2. The van der Waals surface area contributed by atoms with Crippen LogP contribution in [0.3, 0.4) is 0 Å². The number of aliphatic hydroxyl groups is 2. The summed E-state index contributed by atoms with van der Waals surface area (Å²) in [5, 5.41) is 16.4. The molecule has 0 atom stereocenters. The third-order valence-electron chi connectivity index (χ3n) is 0.988. The summed E-state index contributed by atoms with van der Waals surface area (Å²) in [5.74, 6) is 0. The Balaban J connectivity index is 0. The van der Waals surface area contributed by atoms with Crippen molar-refractivity contribution < 1.29 is 39.8 Å². The van der Waals surface area contributed by atoms with Gasteiger partial charge in [0, 0.05) is 13.2 Å². The van der Waals surface area contributed by atoms with E-state index in [1.54, 1.807) is 0 Å². The van der Waals surface area contributed by atoms with Gasteiger partial charge in [-0.15, -0.1) is 3.63 Å². The van der Waals surface area contributed by atoms with E-state index in [1.165, 1.54) is 0 Å². The van der Waals surface area contributed by atoms with Crippen LogP contribution in [0.5, 0.6) is 0 Å². The van der Waals surface area contributed by atoms with Crippen molar-refractivity contribution in [3.63, 3.8) is 0 Å². The Hall–Kier alpha value is -0.300. The average Bonchev–Trinajstić information content (AvgIpc) is 1.99. The molecule has 0 saturated carbocycles. The van der Waals surface area contributed by atoms with E-state index in [1.807, 2.05) is 0 Å². The number of unbranched alkanes of at least 4 members (excludes halogenated alkanes) is 2. The fraction of sp³-hybridized carbons (Fsp3) is 1.00. The Morgan fingerprint density at radius 1 is 0.750 bits per heavy atom. The Morgan fingerprint density at radius 2 is 1.06 bits per heavy atom. The molecule has 16 heavy (non-hydrogen) atoms. The summed E-state index contributed by atoms with van der Waals surface area (Å²) in [4.78, 5) is 0. The van der Waals surface area contributed by atoms with Gasteiger partial charge >= 0.3 is 20.8 Å². The minimum Gasteiger partial charge on any atom is -0.396 e. The van der Waals surface area contributed by atoms with Crippen LogP contribution in [0.2, 0.25) is 0 Å². The highest BCUT2D eigenvalue weighted by molar-refractivity contribution is 7.94. The molecule has 11 heteroatoms. The van der Waals surface area contributed by atoms with Crippen molar-refractivity contribution in [2.75, 3.05) is 13.2 Å². The van der Waals surface area contributed by atoms with Crippen molar-refractivity contribution in [1.82, 2.24) is 0 Å². The molecule has 0 aromatic rings. The Morgan fingerprint density at radius 3 is 1.19 bits per heavy atom. The molecule has 0 fully saturated rings. The highest BCUT2D eigenvalue weighted by atomic mass is 32.3. The van der Waals surface area contributed by atoms with Crippen molar-refractivity contribution in [2.24, 2.45) is 0 Å². The lowest BCUT2D eigenvalue weighted by molar-refractivity contribution is 0.257. The van der Waals surface area contributed by atoms with Gasteiger partial charge in [-0.2, -0.15) is 16.8 Å². The van der Waals surface area contributed by atoms with Gasteiger partial charge in [0.15, 0.2) is 0 Å². The summed E-state index contributed by atoms with van der Waals surface area (Å²) in [6.07, 6.45) is 2.58. The van der Waals surface area contributed by atoms with Gasteiger partial charge in [-0.3, -0.25) is 9.11 Å². The normalized spacial score (nSPS) is 11.8. The SMILES string of the molecule is O=S(=O)(O)OS(=O)(=O)O.OCCCCCO. The molecule has 0 saturated heterocycles. The number of hydrogen-bond donors (Lipinski definition) is 4. The van der Waals surface area contributed by atoms with Crippen molar-refractivity contribution in [3.8, 4) is 0 Å². The third kappa shape index (κ3) is 23.5. The molecule has 0 amide bonds. The van der Waals surface area contributed by atoms with Gasteiger partial charge in [0.25, 0.3) is 0 Å². The van der Waals surface area contributed by atoms with Gasteiger partial charge in [0.2, 0.25) is 0 Å². The molecule has 0 aromatic heterocycles. The van der Waals surface area contributed by atoms with Crippen LogP contribution in [0.15, 0.2) is 0 Å².